The molecule has 0 aliphatic carbocycles. The van der Waals surface area contributed by atoms with E-state index >= 15 is 0 Å². The van der Waals surface area contributed by atoms with Crippen LogP contribution in [0.15, 0.2) is 24.3 Å². The van der Waals surface area contributed by atoms with Crippen LogP contribution in [0.4, 0.5) is 0 Å². The molecule has 0 heteroatoms. The monoisotopic (exact) mass is 192 g/mol. The second-order valence-corrected chi connectivity index (χ2v) is 3.27. The minimum absolute atomic E-state index is 1.15. The quantitative estimate of drug-likeness (QED) is 0.653. The molecule has 0 bridgehead atoms. The first-order chi connectivity index (χ1) is 6.86. The van der Waals surface area contributed by atoms with Crippen LogP contribution in [0.25, 0.3) is 0 Å². The van der Waals surface area contributed by atoms with Crippen molar-refractivity contribution in [2.45, 2.75) is 53.4 Å². The van der Waals surface area contributed by atoms with E-state index in [-0.39, 0.29) is 0 Å². The molecule has 0 atom stereocenters. The van der Waals surface area contributed by atoms with Gasteiger partial charge in [-0.15, -0.1) is 0 Å². The predicted octanol–water partition coefficient (Wildman–Crippen LogP) is 4.62. The van der Waals surface area contributed by atoms with Crippen molar-refractivity contribution >= 4 is 0 Å². The molecule has 0 radical (unpaired) electrons. The van der Waals surface area contributed by atoms with Gasteiger partial charge in [0.15, 0.2) is 0 Å². The standard InChI is InChI=1S/C12H18.C2H6/c1-3-5-6-12-9-7-11(4-2)8-10-12;1-2/h7-10H,3-6H2,1-2H3;1-2H3. The molecule has 0 aliphatic rings. The molecule has 0 nitrogen and oxygen atoms in total. The number of hydrogen-bond donors (Lipinski definition) is 0. The lowest BCUT2D eigenvalue weighted by molar-refractivity contribution is 0.794. The van der Waals surface area contributed by atoms with Crippen molar-refractivity contribution in [1.29, 1.82) is 0 Å². The molecule has 0 heterocycles. The van der Waals surface area contributed by atoms with Crippen molar-refractivity contribution in [2.24, 2.45) is 0 Å². The van der Waals surface area contributed by atoms with Crippen LogP contribution in [0, 0.1) is 0 Å². The first-order valence-corrected chi connectivity index (χ1v) is 5.94. The van der Waals surface area contributed by atoms with Gasteiger partial charge >= 0.3 is 0 Å². The fraction of sp³-hybridized carbons (Fsp3) is 0.571. The maximum atomic E-state index is 2.26. The van der Waals surface area contributed by atoms with Crippen molar-refractivity contribution in [2.75, 3.05) is 0 Å². The average molecular weight is 192 g/mol. The fourth-order valence-electron chi connectivity index (χ4n) is 1.32. The molecule has 0 saturated heterocycles. The lowest BCUT2D eigenvalue weighted by Crippen LogP contribution is -1.85. The first kappa shape index (κ1) is 13.2. The van der Waals surface area contributed by atoms with Gasteiger partial charge in [0.1, 0.15) is 0 Å². The van der Waals surface area contributed by atoms with Crippen molar-refractivity contribution in [1.82, 2.24) is 0 Å². The minimum Gasteiger partial charge on any atom is -0.0683 e. The van der Waals surface area contributed by atoms with Crippen LogP contribution < -0.4 is 0 Å². The Balaban J connectivity index is 0.000000791. The van der Waals surface area contributed by atoms with E-state index in [1.165, 1.54) is 30.4 Å². The third-order valence-corrected chi connectivity index (χ3v) is 2.25. The Hall–Kier alpha value is -0.780. The van der Waals surface area contributed by atoms with E-state index < -0.39 is 0 Å². The minimum atomic E-state index is 1.15. The summed E-state index contributed by atoms with van der Waals surface area (Å²) in [6.07, 6.45) is 4.98. The van der Waals surface area contributed by atoms with Crippen LogP contribution in [-0.2, 0) is 12.8 Å². The lowest BCUT2D eigenvalue weighted by atomic mass is 10.1. The molecule has 0 amide bonds. The summed E-state index contributed by atoms with van der Waals surface area (Å²) in [6.45, 7) is 8.43. The molecular weight excluding hydrogens is 168 g/mol. The second kappa shape index (κ2) is 8.80. The SMILES string of the molecule is CC.CCCCc1ccc(CC)cc1. The Morgan fingerprint density at radius 3 is 1.79 bits per heavy atom. The third-order valence-electron chi connectivity index (χ3n) is 2.25. The van der Waals surface area contributed by atoms with Crippen molar-refractivity contribution in [3.05, 3.63) is 35.4 Å². The van der Waals surface area contributed by atoms with Gasteiger partial charge in [0.05, 0.1) is 0 Å². The number of hydrogen-bond acceptors (Lipinski definition) is 0. The smallest absolute Gasteiger partial charge is 0.0279 e. The zero-order chi connectivity index (χ0) is 10.8. The molecule has 0 N–H and O–H groups in total. The molecule has 0 spiro atoms. The van der Waals surface area contributed by atoms with Gasteiger partial charge in [0, 0.05) is 0 Å². The summed E-state index contributed by atoms with van der Waals surface area (Å²) in [6, 6.07) is 9.00. The van der Waals surface area contributed by atoms with E-state index in [1.807, 2.05) is 13.8 Å². The summed E-state index contributed by atoms with van der Waals surface area (Å²) in [5.74, 6) is 0. The van der Waals surface area contributed by atoms with Crippen molar-refractivity contribution in [3.63, 3.8) is 0 Å². The van der Waals surface area contributed by atoms with Crippen LogP contribution in [0.1, 0.15) is 51.7 Å². The summed E-state index contributed by atoms with van der Waals surface area (Å²) in [5.41, 5.74) is 2.92. The van der Waals surface area contributed by atoms with Gasteiger partial charge < -0.3 is 0 Å². The topological polar surface area (TPSA) is 0 Å². The summed E-state index contributed by atoms with van der Waals surface area (Å²) in [4.78, 5) is 0. The number of unbranched alkanes of at least 4 members (excludes halogenated alkanes) is 1. The number of aryl methyl sites for hydroxylation is 2. The van der Waals surface area contributed by atoms with E-state index in [2.05, 4.69) is 38.1 Å². The van der Waals surface area contributed by atoms with Crippen LogP contribution in [0.2, 0.25) is 0 Å². The van der Waals surface area contributed by atoms with Gasteiger partial charge in [-0.25, -0.2) is 0 Å². The zero-order valence-electron chi connectivity index (χ0n) is 10.1. The van der Waals surface area contributed by atoms with Crippen LogP contribution in [0.5, 0.6) is 0 Å². The maximum Gasteiger partial charge on any atom is -0.0279 e. The Bertz CT molecular complexity index is 208. The predicted molar refractivity (Wildman–Crippen MR) is 65.8 cm³/mol. The molecule has 0 aromatic heterocycles. The van der Waals surface area contributed by atoms with Gasteiger partial charge in [0.25, 0.3) is 0 Å². The third kappa shape index (κ3) is 5.06. The van der Waals surface area contributed by atoms with E-state index in [1.54, 1.807) is 0 Å². The molecule has 14 heavy (non-hydrogen) atoms. The Morgan fingerprint density at radius 2 is 1.36 bits per heavy atom. The summed E-state index contributed by atoms with van der Waals surface area (Å²) < 4.78 is 0. The summed E-state index contributed by atoms with van der Waals surface area (Å²) >= 11 is 0. The van der Waals surface area contributed by atoms with Gasteiger partial charge in [-0.1, -0.05) is 58.4 Å². The van der Waals surface area contributed by atoms with Gasteiger partial charge in [-0.2, -0.15) is 0 Å². The van der Waals surface area contributed by atoms with Crippen LogP contribution in [0.3, 0.4) is 0 Å². The first-order valence-electron chi connectivity index (χ1n) is 5.94. The van der Waals surface area contributed by atoms with E-state index in [4.69, 9.17) is 0 Å². The highest BCUT2D eigenvalue weighted by Crippen LogP contribution is 2.07. The van der Waals surface area contributed by atoms with Gasteiger partial charge in [-0.05, 0) is 30.4 Å². The fourth-order valence-corrected chi connectivity index (χ4v) is 1.32. The summed E-state index contributed by atoms with van der Waals surface area (Å²) in [5, 5.41) is 0. The Morgan fingerprint density at radius 1 is 0.857 bits per heavy atom. The number of rotatable bonds is 4. The highest BCUT2D eigenvalue weighted by atomic mass is 14.0. The molecule has 0 fully saturated rings. The van der Waals surface area contributed by atoms with E-state index in [9.17, 15) is 0 Å². The largest absolute Gasteiger partial charge is 0.0683 e. The van der Waals surface area contributed by atoms with Crippen LogP contribution >= 0.6 is 0 Å². The second-order valence-electron chi connectivity index (χ2n) is 3.27. The van der Waals surface area contributed by atoms with Crippen LogP contribution in [-0.4, -0.2) is 0 Å². The van der Waals surface area contributed by atoms with E-state index in [0.29, 0.717) is 0 Å². The maximum absolute atomic E-state index is 2.26. The average Bonchev–Trinajstić information content (AvgIpc) is 2.30. The zero-order valence-corrected chi connectivity index (χ0v) is 10.1. The van der Waals surface area contributed by atoms with E-state index in [0.717, 1.165) is 6.42 Å². The highest BCUT2D eigenvalue weighted by Gasteiger charge is 1.92. The Kier molecular flexibility index (Phi) is 8.31. The lowest BCUT2D eigenvalue weighted by Gasteiger charge is -2.00. The molecule has 0 unspecified atom stereocenters. The summed E-state index contributed by atoms with van der Waals surface area (Å²) in [7, 11) is 0. The van der Waals surface area contributed by atoms with Crippen molar-refractivity contribution in [3.8, 4) is 0 Å². The molecule has 80 valence electrons. The van der Waals surface area contributed by atoms with Gasteiger partial charge in [-0.3, -0.25) is 0 Å². The molecular formula is C14H24. The molecule has 0 saturated carbocycles. The molecule has 0 aliphatic heterocycles. The highest BCUT2D eigenvalue weighted by molar-refractivity contribution is 5.22. The number of benzene rings is 1. The normalized spacial score (nSPS) is 9.14. The molecule has 1 aromatic carbocycles. The molecule has 1 rings (SSSR count). The van der Waals surface area contributed by atoms with Gasteiger partial charge in [0.2, 0.25) is 0 Å². The van der Waals surface area contributed by atoms with Crippen molar-refractivity contribution < 1.29 is 0 Å². The Labute approximate surface area is 89.4 Å². The molecule has 1 aromatic rings.